The quantitative estimate of drug-likeness (QED) is 0.520. The van der Waals surface area contributed by atoms with Gasteiger partial charge in [-0.15, -0.1) is 4.98 Å². The third kappa shape index (κ3) is 3.12. The summed E-state index contributed by atoms with van der Waals surface area (Å²) in [5, 5.41) is 0.324. The smallest absolute Gasteiger partial charge is 0.272 e. The second-order valence-corrected chi connectivity index (χ2v) is 10.4. The molecule has 1 spiro atoms. The molecule has 2 heterocycles. The molecule has 10 heteroatoms. The Balaban J connectivity index is 1.75. The number of benzene rings is 1. The molecule has 0 bridgehead atoms. The zero-order valence-corrected chi connectivity index (χ0v) is 19.0. The van der Waals surface area contributed by atoms with E-state index in [-0.39, 0.29) is 16.6 Å². The van der Waals surface area contributed by atoms with Gasteiger partial charge in [0.15, 0.2) is 5.11 Å². The van der Waals surface area contributed by atoms with Crippen LogP contribution in [0.15, 0.2) is 41.4 Å². The lowest BCUT2D eigenvalue weighted by Gasteiger charge is -2.43. The fourth-order valence-corrected chi connectivity index (χ4v) is 5.35. The zero-order valence-electron chi connectivity index (χ0n) is 17.4. The van der Waals surface area contributed by atoms with Crippen molar-refractivity contribution in [3.8, 4) is 0 Å². The first-order valence-corrected chi connectivity index (χ1v) is 11.5. The molecule has 8 nitrogen and oxygen atoms in total. The first-order valence-electron chi connectivity index (χ1n) is 9.69. The number of aryl methyl sites for hydroxylation is 1. The number of carbonyl (C=O) groups excluding carboxylic acids is 1. The number of sulfonamides is 1. The van der Waals surface area contributed by atoms with E-state index in [1.165, 1.54) is 37.3 Å². The molecular formula is C21H21N5O3S2. The molecule has 1 aliphatic heterocycles. The summed E-state index contributed by atoms with van der Waals surface area (Å²) in [5.74, 6) is 0.166. The predicted molar refractivity (Wildman–Crippen MR) is 122 cm³/mol. The van der Waals surface area contributed by atoms with Crippen molar-refractivity contribution >= 4 is 50.5 Å². The van der Waals surface area contributed by atoms with Crippen molar-refractivity contribution in [1.82, 2.24) is 9.29 Å². The molecule has 0 N–H and O–H groups in total. The highest BCUT2D eigenvalue weighted by atomic mass is 32.2. The molecule has 0 atom stereocenters. The van der Waals surface area contributed by atoms with Gasteiger partial charge in [-0.05, 0) is 74.3 Å². The van der Waals surface area contributed by atoms with Crippen molar-refractivity contribution in [3.63, 3.8) is 0 Å². The highest BCUT2D eigenvalue weighted by Gasteiger charge is 2.59. The van der Waals surface area contributed by atoms with E-state index in [4.69, 9.17) is 18.8 Å². The normalized spacial score (nSPS) is 17.9. The van der Waals surface area contributed by atoms with Crippen LogP contribution in [0.4, 0.5) is 17.2 Å². The fraction of sp³-hybridized carbons (Fsp3) is 0.333. The lowest BCUT2D eigenvalue weighted by Crippen LogP contribution is -2.55. The standard InChI is InChI=1S/C21H21N5O3S2/c1-14-12-16(13-23-18(14)22-2)25-19(27)21(10-5-11-21)26(20(25)30)15-6-8-17(9-7-15)31(28,29)24(3)4/h6-9,12-13H,5,10-11H2,1,3-4H3. The van der Waals surface area contributed by atoms with Crippen LogP contribution in [0, 0.1) is 13.5 Å². The van der Waals surface area contributed by atoms with Crippen LogP contribution in [-0.2, 0) is 14.8 Å². The van der Waals surface area contributed by atoms with Crippen molar-refractivity contribution < 1.29 is 13.2 Å². The van der Waals surface area contributed by atoms with E-state index in [0.29, 0.717) is 34.9 Å². The third-order valence-corrected chi connectivity index (χ3v) is 8.06. The summed E-state index contributed by atoms with van der Waals surface area (Å²) in [6.07, 6.45) is 3.71. The van der Waals surface area contributed by atoms with Gasteiger partial charge in [-0.3, -0.25) is 9.69 Å². The Morgan fingerprint density at radius 1 is 1.19 bits per heavy atom. The Bertz CT molecular complexity index is 1230. The number of anilines is 2. The van der Waals surface area contributed by atoms with E-state index < -0.39 is 15.6 Å². The third-order valence-electron chi connectivity index (χ3n) is 5.87. The SMILES string of the molecule is [C-]#[N+]c1ncc(N2C(=O)C3(CCC3)N(c3ccc(S(=O)(=O)N(C)C)cc3)C2=S)cc1C. The summed E-state index contributed by atoms with van der Waals surface area (Å²) in [7, 11) is -0.594. The van der Waals surface area contributed by atoms with E-state index in [1.807, 2.05) is 4.90 Å². The van der Waals surface area contributed by atoms with E-state index in [0.717, 1.165) is 10.7 Å². The van der Waals surface area contributed by atoms with Crippen molar-refractivity contribution in [3.05, 3.63) is 53.5 Å². The number of hydrogen-bond donors (Lipinski definition) is 0. The second-order valence-electron chi connectivity index (χ2n) is 7.87. The topological polar surface area (TPSA) is 78.2 Å². The molecule has 2 fully saturated rings. The molecule has 1 aromatic heterocycles. The largest absolute Gasteiger partial charge is 0.360 e. The van der Waals surface area contributed by atoms with Crippen LogP contribution in [0.1, 0.15) is 24.8 Å². The minimum atomic E-state index is -3.55. The summed E-state index contributed by atoms with van der Waals surface area (Å²) < 4.78 is 25.9. The maximum absolute atomic E-state index is 13.5. The summed E-state index contributed by atoms with van der Waals surface area (Å²) in [6, 6.07) is 8.18. The van der Waals surface area contributed by atoms with E-state index >= 15 is 0 Å². The van der Waals surface area contributed by atoms with E-state index in [2.05, 4.69) is 9.83 Å². The number of carbonyl (C=O) groups is 1. The Morgan fingerprint density at radius 3 is 2.32 bits per heavy atom. The van der Waals surface area contributed by atoms with Crippen LogP contribution in [0.3, 0.4) is 0 Å². The molecule has 1 saturated carbocycles. The van der Waals surface area contributed by atoms with Crippen LogP contribution < -0.4 is 9.80 Å². The van der Waals surface area contributed by atoms with Crippen molar-refractivity contribution in [1.29, 1.82) is 0 Å². The van der Waals surface area contributed by atoms with Gasteiger partial charge < -0.3 is 9.74 Å². The molecule has 1 aliphatic carbocycles. The second kappa shape index (κ2) is 7.37. The van der Waals surface area contributed by atoms with Gasteiger partial charge in [-0.1, -0.05) is 6.57 Å². The molecule has 160 valence electrons. The van der Waals surface area contributed by atoms with Gasteiger partial charge in [0, 0.05) is 19.8 Å². The molecule has 4 rings (SSSR count). The van der Waals surface area contributed by atoms with E-state index in [9.17, 15) is 13.2 Å². The van der Waals surface area contributed by atoms with Gasteiger partial charge in [-0.25, -0.2) is 12.7 Å². The minimum absolute atomic E-state index is 0.120. The fourth-order valence-electron chi connectivity index (χ4n) is 3.98. The predicted octanol–water partition coefficient (Wildman–Crippen LogP) is 3.25. The minimum Gasteiger partial charge on any atom is -0.360 e. The molecule has 1 saturated heterocycles. The van der Waals surface area contributed by atoms with Gasteiger partial charge in [0.2, 0.25) is 10.0 Å². The molecule has 1 aromatic carbocycles. The van der Waals surface area contributed by atoms with Crippen LogP contribution in [0.2, 0.25) is 0 Å². The van der Waals surface area contributed by atoms with Gasteiger partial charge in [-0.2, -0.15) is 0 Å². The first-order chi connectivity index (χ1) is 14.6. The summed E-state index contributed by atoms with van der Waals surface area (Å²) in [4.78, 5) is 24.5. The number of pyridine rings is 1. The average molecular weight is 456 g/mol. The van der Waals surface area contributed by atoms with Crippen molar-refractivity contribution in [2.24, 2.45) is 0 Å². The Hall–Kier alpha value is -2.87. The lowest BCUT2D eigenvalue weighted by molar-refractivity contribution is -0.123. The molecule has 31 heavy (non-hydrogen) atoms. The van der Waals surface area contributed by atoms with Crippen LogP contribution >= 0.6 is 12.2 Å². The van der Waals surface area contributed by atoms with Crippen LogP contribution in [0.25, 0.3) is 4.85 Å². The van der Waals surface area contributed by atoms with Crippen LogP contribution in [0.5, 0.6) is 0 Å². The monoisotopic (exact) mass is 455 g/mol. The Kier molecular flexibility index (Phi) is 5.08. The maximum atomic E-state index is 13.5. The lowest BCUT2D eigenvalue weighted by atomic mass is 9.75. The van der Waals surface area contributed by atoms with Crippen molar-refractivity contribution in [2.75, 3.05) is 23.9 Å². The Labute approximate surface area is 187 Å². The number of hydrogen-bond acceptors (Lipinski definition) is 5. The van der Waals surface area contributed by atoms with Gasteiger partial charge >= 0.3 is 0 Å². The van der Waals surface area contributed by atoms with E-state index in [1.54, 1.807) is 25.1 Å². The number of aromatic nitrogens is 1. The number of nitrogens with zero attached hydrogens (tertiary/aromatic N) is 5. The number of amides is 1. The summed E-state index contributed by atoms with van der Waals surface area (Å²) >= 11 is 5.72. The zero-order chi connectivity index (χ0) is 22.6. The van der Waals surface area contributed by atoms with Crippen molar-refractivity contribution in [2.45, 2.75) is 36.6 Å². The first kappa shape index (κ1) is 21.4. The number of rotatable bonds is 4. The summed E-state index contributed by atoms with van der Waals surface area (Å²) in [6.45, 7) is 8.95. The molecule has 1 amide bonds. The summed E-state index contributed by atoms with van der Waals surface area (Å²) in [5.41, 5.74) is 1.09. The highest BCUT2D eigenvalue weighted by Crippen LogP contribution is 2.48. The average Bonchev–Trinajstić information content (AvgIpc) is 2.94. The van der Waals surface area contributed by atoms with Crippen LogP contribution in [-0.4, -0.2) is 48.4 Å². The van der Waals surface area contributed by atoms with Gasteiger partial charge in [0.25, 0.3) is 11.7 Å². The molecule has 0 radical (unpaired) electrons. The maximum Gasteiger partial charge on any atom is 0.272 e. The highest BCUT2D eigenvalue weighted by molar-refractivity contribution is 7.89. The molecule has 0 unspecified atom stereocenters. The molecule has 2 aliphatic rings. The van der Waals surface area contributed by atoms with Gasteiger partial charge in [0.05, 0.1) is 10.6 Å². The molecule has 2 aromatic rings. The Morgan fingerprint density at radius 2 is 1.84 bits per heavy atom. The number of thiocarbonyl (C=S) groups is 1. The van der Waals surface area contributed by atoms with Gasteiger partial charge in [0.1, 0.15) is 11.7 Å². The molecular weight excluding hydrogens is 434 g/mol.